The quantitative estimate of drug-likeness (QED) is 0.0222. The van der Waals surface area contributed by atoms with Gasteiger partial charge in [-0.15, -0.1) is 0 Å². The van der Waals surface area contributed by atoms with Gasteiger partial charge in [0.15, 0.2) is 12.2 Å². The molecule has 19 heteroatoms. The topological polar surface area (TPSA) is 237 Å². The summed E-state index contributed by atoms with van der Waals surface area (Å²) in [7, 11) is -9.89. The van der Waals surface area contributed by atoms with Crippen LogP contribution in [0.25, 0.3) is 0 Å². The molecular formula is C70H136O17P2. The van der Waals surface area contributed by atoms with Crippen LogP contribution in [0.3, 0.4) is 0 Å². The number of esters is 4. The Kier molecular flexibility index (Phi) is 63.3. The first-order valence-corrected chi connectivity index (χ1v) is 39.8. The number of phosphoric ester groups is 2. The fourth-order valence-corrected chi connectivity index (χ4v) is 12.3. The number of aliphatic hydroxyl groups is 1. The minimum absolute atomic E-state index is 0.106. The van der Waals surface area contributed by atoms with Crippen LogP contribution in [0.1, 0.15) is 368 Å². The van der Waals surface area contributed by atoms with Gasteiger partial charge in [-0.25, -0.2) is 9.13 Å². The molecule has 0 radical (unpaired) electrons. The summed E-state index contributed by atoms with van der Waals surface area (Å²) in [6.45, 7) is 4.86. The molecule has 528 valence electrons. The second kappa shape index (κ2) is 64.8. The largest absolute Gasteiger partial charge is 0.472 e. The highest BCUT2D eigenvalue weighted by atomic mass is 31.2. The fourth-order valence-electron chi connectivity index (χ4n) is 10.7. The van der Waals surface area contributed by atoms with Gasteiger partial charge in [0.25, 0.3) is 0 Å². The van der Waals surface area contributed by atoms with E-state index >= 15 is 0 Å². The monoisotopic (exact) mass is 1310 g/mol. The molecule has 0 fully saturated rings. The van der Waals surface area contributed by atoms with E-state index in [1.165, 1.54) is 193 Å². The van der Waals surface area contributed by atoms with Crippen molar-refractivity contribution in [3.8, 4) is 0 Å². The van der Waals surface area contributed by atoms with Crippen molar-refractivity contribution in [3.63, 3.8) is 0 Å². The Morgan fingerprint density at radius 1 is 0.270 bits per heavy atom. The summed E-state index contributed by atoms with van der Waals surface area (Å²) in [6.07, 6.45) is 53.1. The first kappa shape index (κ1) is 87.1. The van der Waals surface area contributed by atoms with Crippen LogP contribution in [-0.4, -0.2) is 96.7 Å². The van der Waals surface area contributed by atoms with Gasteiger partial charge in [0.1, 0.15) is 19.3 Å². The van der Waals surface area contributed by atoms with Gasteiger partial charge in [-0.3, -0.25) is 37.3 Å². The van der Waals surface area contributed by atoms with Crippen LogP contribution >= 0.6 is 15.6 Å². The minimum atomic E-state index is -4.95. The van der Waals surface area contributed by atoms with Crippen molar-refractivity contribution in [1.29, 1.82) is 0 Å². The summed E-state index contributed by atoms with van der Waals surface area (Å²) in [5, 5.41) is 10.6. The molecule has 0 aliphatic carbocycles. The minimum Gasteiger partial charge on any atom is -0.462 e. The number of hydrogen-bond donors (Lipinski definition) is 3. The lowest BCUT2D eigenvalue weighted by Crippen LogP contribution is -2.30. The molecule has 0 rings (SSSR count). The molecule has 17 nitrogen and oxygen atoms in total. The normalized spacial score (nSPS) is 14.0. The summed E-state index contributed by atoms with van der Waals surface area (Å²) < 4.78 is 68.1. The fraction of sp³-hybridized carbons (Fsp3) is 0.943. The van der Waals surface area contributed by atoms with Crippen molar-refractivity contribution in [3.05, 3.63) is 0 Å². The van der Waals surface area contributed by atoms with Crippen molar-refractivity contribution in [2.24, 2.45) is 0 Å². The van der Waals surface area contributed by atoms with Gasteiger partial charge >= 0.3 is 39.5 Å². The number of aliphatic hydroxyl groups excluding tert-OH is 1. The lowest BCUT2D eigenvalue weighted by Gasteiger charge is -2.21. The van der Waals surface area contributed by atoms with E-state index in [2.05, 4.69) is 27.7 Å². The van der Waals surface area contributed by atoms with Crippen LogP contribution < -0.4 is 0 Å². The number of phosphoric acid groups is 2. The van der Waals surface area contributed by atoms with E-state index in [9.17, 15) is 43.2 Å². The van der Waals surface area contributed by atoms with Crippen molar-refractivity contribution in [2.45, 2.75) is 386 Å². The van der Waals surface area contributed by atoms with E-state index in [0.717, 1.165) is 96.3 Å². The van der Waals surface area contributed by atoms with E-state index in [4.69, 9.17) is 37.0 Å². The first-order chi connectivity index (χ1) is 43.2. The Hall–Kier alpha value is -1.94. The Balaban J connectivity index is 5.14. The predicted octanol–water partition coefficient (Wildman–Crippen LogP) is 20.3. The number of carbonyl (C=O) groups excluding carboxylic acids is 4. The highest BCUT2D eigenvalue weighted by Crippen LogP contribution is 2.45. The summed E-state index contributed by atoms with van der Waals surface area (Å²) in [5.41, 5.74) is 0. The van der Waals surface area contributed by atoms with Crippen LogP contribution in [0.5, 0.6) is 0 Å². The average Bonchev–Trinajstić information content (AvgIpc) is 3.62. The van der Waals surface area contributed by atoms with Gasteiger partial charge in [-0.1, -0.05) is 317 Å². The number of carbonyl (C=O) groups is 4. The maximum Gasteiger partial charge on any atom is 0.472 e. The summed E-state index contributed by atoms with van der Waals surface area (Å²) in [6, 6.07) is 0. The smallest absolute Gasteiger partial charge is 0.462 e. The van der Waals surface area contributed by atoms with E-state index in [-0.39, 0.29) is 25.7 Å². The number of unbranched alkanes of at least 4 members (excludes halogenated alkanes) is 45. The van der Waals surface area contributed by atoms with Gasteiger partial charge in [0.05, 0.1) is 26.4 Å². The number of hydrogen-bond acceptors (Lipinski definition) is 15. The molecule has 0 heterocycles. The van der Waals surface area contributed by atoms with Gasteiger partial charge in [-0.05, 0) is 25.7 Å². The zero-order chi connectivity index (χ0) is 65.4. The molecule has 0 saturated heterocycles. The lowest BCUT2D eigenvalue weighted by molar-refractivity contribution is -0.161. The zero-order valence-electron chi connectivity index (χ0n) is 57.4. The lowest BCUT2D eigenvalue weighted by atomic mass is 10.0. The SMILES string of the molecule is CCCCCCCCCCCCCCCCCCCCC(=O)O[C@H](COC(=O)CCCCCCCCCCCCCCCCC)COP(=O)(O)OC[C@@H](O)COP(=O)(O)OC[C@@H](COC(=O)CCCCCCC)OC(=O)CCCCCCCCCCCCC. The van der Waals surface area contributed by atoms with E-state index in [0.29, 0.717) is 25.7 Å². The van der Waals surface area contributed by atoms with Crippen molar-refractivity contribution in [1.82, 2.24) is 0 Å². The Morgan fingerprint density at radius 3 is 0.663 bits per heavy atom. The van der Waals surface area contributed by atoms with Gasteiger partial charge in [0.2, 0.25) is 0 Å². The van der Waals surface area contributed by atoms with Crippen molar-refractivity contribution >= 4 is 39.5 Å². The van der Waals surface area contributed by atoms with Crippen LogP contribution in [-0.2, 0) is 65.4 Å². The number of rotatable bonds is 71. The third kappa shape index (κ3) is 64.6. The van der Waals surface area contributed by atoms with Crippen LogP contribution in [0.2, 0.25) is 0 Å². The second-order valence-corrected chi connectivity index (χ2v) is 28.2. The molecule has 0 aromatic heterocycles. The molecule has 0 spiro atoms. The Labute approximate surface area is 543 Å². The molecule has 5 atom stereocenters. The summed E-state index contributed by atoms with van der Waals surface area (Å²) >= 11 is 0. The zero-order valence-corrected chi connectivity index (χ0v) is 59.2. The highest BCUT2D eigenvalue weighted by molar-refractivity contribution is 7.47. The van der Waals surface area contributed by atoms with Gasteiger partial charge in [-0.2, -0.15) is 0 Å². The maximum absolute atomic E-state index is 13.0. The Morgan fingerprint density at radius 2 is 0.449 bits per heavy atom. The van der Waals surface area contributed by atoms with Crippen LogP contribution in [0, 0.1) is 0 Å². The highest BCUT2D eigenvalue weighted by Gasteiger charge is 2.30. The summed E-state index contributed by atoms with van der Waals surface area (Å²) in [5.74, 6) is -2.13. The van der Waals surface area contributed by atoms with Crippen molar-refractivity contribution in [2.75, 3.05) is 39.6 Å². The molecule has 0 aliphatic rings. The molecule has 0 saturated carbocycles. The molecular weight excluding hydrogens is 1170 g/mol. The van der Waals surface area contributed by atoms with E-state index in [1.807, 2.05) is 0 Å². The maximum atomic E-state index is 13.0. The first-order valence-electron chi connectivity index (χ1n) is 36.8. The molecule has 0 aliphatic heterocycles. The van der Waals surface area contributed by atoms with Crippen molar-refractivity contribution < 1.29 is 80.2 Å². The van der Waals surface area contributed by atoms with Gasteiger partial charge < -0.3 is 33.8 Å². The van der Waals surface area contributed by atoms with E-state index in [1.54, 1.807) is 0 Å². The molecule has 0 aromatic carbocycles. The molecule has 3 N–H and O–H groups in total. The van der Waals surface area contributed by atoms with Crippen LogP contribution in [0.15, 0.2) is 0 Å². The van der Waals surface area contributed by atoms with Crippen LogP contribution in [0.4, 0.5) is 0 Å². The third-order valence-electron chi connectivity index (χ3n) is 16.4. The third-order valence-corrected chi connectivity index (χ3v) is 18.3. The van der Waals surface area contributed by atoms with E-state index < -0.39 is 97.5 Å². The Bertz CT molecular complexity index is 1710. The molecule has 0 aromatic rings. The molecule has 89 heavy (non-hydrogen) atoms. The predicted molar refractivity (Wildman–Crippen MR) is 359 cm³/mol. The molecule has 0 bridgehead atoms. The molecule has 2 unspecified atom stereocenters. The van der Waals surface area contributed by atoms with Gasteiger partial charge in [0, 0.05) is 25.7 Å². The molecule has 0 amide bonds. The number of ether oxygens (including phenoxy) is 4. The summed E-state index contributed by atoms with van der Waals surface area (Å²) in [4.78, 5) is 72.2. The average molecular weight is 1310 g/mol. The standard InChI is InChI=1S/C70H136O17P2/c1-5-9-13-17-20-23-26-28-30-31-32-34-36-39-42-45-49-53-57-70(75)87-66(61-81-68(73)55-51-47-43-40-38-35-33-29-27-24-21-18-14-10-6-2)63-85-89(78,79)83-59-64(71)58-82-88(76,77)84-62-65(60-80-67(72)54-50-46-16-12-8-4)86-69(74)56-52-48-44-41-37-25-22-19-15-11-7-3/h64-66,71H,5-63H2,1-4H3,(H,76,77)(H,78,79)/t64-,65+,66+/m0/s1. The second-order valence-electron chi connectivity index (χ2n) is 25.3.